The van der Waals surface area contributed by atoms with Gasteiger partial charge < -0.3 is 19.5 Å². The lowest BCUT2D eigenvalue weighted by molar-refractivity contribution is -0.129. The van der Waals surface area contributed by atoms with Crippen molar-refractivity contribution in [2.45, 2.75) is 45.1 Å². The first-order valence-corrected chi connectivity index (χ1v) is 12.8. The number of nitrogens with one attached hydrogen (secondary N) is 1. The molecule has 2 aromatic heterocycles. The molecule has 1 amide bonds. The number of carbonyl (C=O) groups is 1. The van der Waals surface area contributed by atoms with Crippen molar-refractivity contribution in [3.63, 3.8) is 0 Å². The summed E-state index contributed by atoms with van der Waals surface area (Å²) in [4.78, 5) is 25.2. The molecule has 0 spiro atoms. The molecule has 4 heterocycles. The normalized spacial score (nSPS) is 16.5. The van der Waals surface area contributed by atoms with E-state index in [2.05, 4.69) is 28.1 Å². The van der Waals surface area contributed by atoms with E-state index in [1.54, 1.807) is 19.1 Å². The number of nitrogens with zero attached hydrogens (tertiary/aromatic N) is 3. The van der Waals surface area contributed by atoms with E-state index in [0.29, 0.717) is 12.5 Å². The van der Waals surface area contributed by atoms with Crippen molar-refractivity contribution in [2.75, 3.05) is 31.6 Å². The molecule has 1 fully saturated rings. The van der Waals surface area contributed by atoms with Gasteiger partial charge in [-0.1, -0.05) is 24.3 Å². The molecule has 0 bridgehead atoms. The molecule has 0 radical (unpaired) electrons. The molecule has 1 saturated heterocycles. The van der Waals surface area contributed by atoms with Gasteiger partial charge in [-0.25, -0.2) is 9.37 Å². The molecule has 0 aliphatic carbocycles. The summed E-state index contributed by atoms with van der Waals surface area (Å²) in [5.74, 6) is 1.10. The molecule has 6 nitrogen and oxygen atoms in total. The molecule has 0 saturated carbocycles. The Balaban J connectivity index is 1.46. The molecule has 6 rings (SSSR count). The Bertz CT molecular complexity index is 1450. The highest BCUT2D eigenvalue weighted by molar-refractivity contribution is 6.11. The first kappa shape index (κ1) is 22.8. The highest BCUT2D eigenvalue weighted by Gasteiger charge is 2.32. The summed E-state index contributed by atoms with van der Waals surface area (Å²) in [7, 11) is 1.48. The summed E-state index contributed by atoms with van der Waals surface area (Å²) in [5.41, 5.74) is 5.22. The molecule has 2 aliphatic rings. The predicted molar refractivity (Wildman–Crippen MR) is 140 cm³/mol. The number of para-hydroxylation sites is 1. The van der Waals surface area contributed by atoms with E-state index in [1.165, 1.54) is 23.4 Å². The third-order valence-electron chi connectivity index (χ3n) is 7.84. The van der Waals surface area contributed by atoms with Gasteiger partial charge in [0.2, 0.25) is 5.91 Å². The smallest absolute Gasteiger partial charge is 0.219 e. The van der Waals surface area contributed by atoms with Crippen LogP contribution in [0.1, 0.15) is 43.0 Å². The zero-order chi connectivity index (χ0) is 24.8. The molecule has 186 valence electrons. The van der Waals surface area contributed by atoms with Crippen molar-refractivity contribution in [2.24, 2.45) is 0 Å². The van der Waals surface area contributed by atoms with Crippen molar-refractivity contribution in [3.8, 4) is 5.75 Å². The Hall–Kier alpha value is -3.61. The van der Waals surface area contributed by atoms with Gasteiger partial charge in [0.15, 0.2) is 11.6 Å². The Labute approximate surface area is 210 Å². The van der Waals surface area contributed by atoms with Gasteiger partial charge in [0.25, 0.3) is 0 Å². The first-order chi connectivity index (χ1) is 17.5. The number of anilines is 1. The predicted octanol–water partition coefficient (Wildman–Crippen LogP) is 5.22. The van der Waals surface area contributed by atoms with Crippen molar-refractivity contribution in [3.05, 3.63) is 65.1 Å². The maximum atomic E-state index is 14.5. The Kier molecular flexibility index (Phi) is 5.78. The summed E-state index contributed by atoms with van der Waals surface area (Å²) in [6, 6.07) is 13.9. The standard InChI is InChI=1S/C29H31FN4O2/c1-18(35)33-14-11-20(12-15-33)34-13-5-7-22-27-21-6-3-4-8-24(21)31-28(27)25(32-29(22)34)17-19-9-10-26(36-2)23(30)16-19/h3-4,6,8-10,16,20,31H,5,7,11-15,17H2,1-2H3. The molecule has 7 heteroatoms. The van der Waals surface area contributed by atoms with Gasteiger partial charge in [-0.15, -0.1) is 0 Å². The van der Waals surface area contributed by atoms with E-state index in [4.69, 9.17) is 9.72 Å². The highest BCUT2D eigenvalue weighted by Crippen LogP contribution is 2.40. The van der Waals surface area contributed by atoms with E-state index in [1.807, 2.05) is 17.0 Å². The number of carbonyl (C=O) groups excluding carboxylic acids is 1. The van der Waals surface area contributed by atoms with Crippen molar-refractivity contribution >= 4 is 33.5 Å². The molecule has 1 N–H and O–H groups in total. The number of fused-ring (bicyclic) bond motifs is 5. The monoisotopic (exact) mass is 486 g/mol. The number of ether oxygens (including phenoxy) is 1. The van der Waals surface area contributed by atoms with E-state index in [9.17, 15) is 9.18 Å². The average Bonchev–Trinajstić information content (AvgIpc) is 3.29. The number of H-pyrrole nitrogens is 1. The third-order valence-corrected chi connectivity index (χ3v) is 7.84. The minimum atomic E-state index is -0.361. The fourth-order valence-corrected chi connectivity index (χ4v) is 6.03. The van der Waals surface area contributed by atoms with Crippen LogP contribution < -0.4 is 9.64 Å². The second-order valence-corrected chi connectivity index (χ2v) is 9.96. The van der Waals surface area contributed by atoms with Gasteiger partial charge in [-0.05, 0) is 49.4 Å². The van der Waals surface area contributed by atoms with Crippen molar-refractivity contribution in [1.29, 1.82) is 0 Å². The van der Waals surface area contributed by atoms with E-state index in [-0.39, 0.29) is 17.5 Å². The quantitative estimate of drug-likeness (QED) is 0.430. The SMILES string of the molecule is COc1ccc(Cc2nc3c(c4c2[nH]c2ccccc24)CCCN3C2CCN(C(C)=O)CC2)cc1F. The van der Waals surface area contributed by atoms with Crippen LogP contribution in [0.25, 0.3) is 21.8 Å². The number of hydrogen-bond acceptors (Lipinski definition) is 4. The minimum Gasteiger partial charge on any atom is -0.494 e. The Morgan fingerprint density at radius 3 is 2.72 bits per heavy atom. The van der Waals surface area contributed by atoms with Gasteiger partial charge in [0.1, 0.15) is 5.82 Å². The second kappa shape index (κ2) is 9.12. The first-order valence-electron chi connectivity index (χ1n) is 12.8. The topological polar surface area (TPSA) is 61.5 Å². The molecule has 2 aromatic carbocycles. The molecule has 0 unspecified atom stereocenters. The summed E-state index contributed by atoms with van der Waals surface area (Å²) in [5, 5.41) is 2.45. The van der Waals surface area contributed by atoms with Crippen LogP contribution in [-0.4, -0.2) is 53.6 Å². The van der Waals surface area contributed by atoms with E-state index < -0.39 is 0 Å². The Morgan fingerprint density at radius 1 is 1.17 bits per heavy atom. The average molecular weight is 487 g/mol. The summed E-state index contributed by atoms with van der Waals surface area (Å²) < 4.78 is 19.6. The lowest BCUT2D eigenvalue weighted by Gasteiger charge is -2.41. The van der Waals surface area contributed by atoms with Gasteiger partial charge >= 0.3 is 0 Å². The number of aromatic amines is 1. The summed E-state index contributed by atoms with van der Waals surface area (Å²) >= 11 is 0. The molecular weight excluding hydrogens is 455 g/mol. The van der Waals surface area contributed by atoms with Crippen LogP contribution >= 0.6 is 0 Å². The molecule has 0 atom stereocenters. The number of halogens is 1. The number of benzene rings is 2. The largest absolute Gasteiger partial charge is 0.494 e. The maximum Gasteiger partial charge on any atom is 0.219 e. The van der Waals surface area contributed by atoms with Crippen LogP contribution in [0.2, 0.25) is 0 Å². The summed E-state index contributed by atoms with van der Waals surface area (Å²) in [6.07, 6.45) is 4.49. The zero-order valence-corrected chi connectivity index (χ0v) is 20.8. The van der Waals surface area contributed by atoms with Crippen LogP contribution in [-0.2, 0) is 17.6 Å². The molecule has 4 aromatic rings. The number of hydrogen-bond donors (Lipinski definition) is 1. The van der Waals surface area contributed by atoms with Crippen molar-refractivity contribution < 1.29 is 13.9 Å². The van der Waals surface area contributed by atoms with Gasteiger partial charge in [0.05, 0.1) is 18.3 Å². The number of piperidine rings is 1. The molecular formula is C29H31FN4O2. The number of likely N-dealkylation sites (tertiary alicyclic amines) is 1. The molecule has 2 aliphatic heterocycles. The lowest BCUT2D eigenvalue weighted by Crippen LogP contribution is -2.48. The zero-order valence-electron chi connectivity index (χ0n) is 20.8. The van der Waals surface area contributed by atoms with Crippen LogP contribution in [0.5, 0.6) is 5.75 Å². The number of rotatable bonds is 4. The van der Waals surface area contributed by atoms with E-state index >= 15 is 0 Å². The van der Waals surface area contributed by atoms with Crippen LogP contribution in [0, 0.1) is 5.82 Å². The van der Waals surface area contributed by atoms with Gasteiger partial charge in [-0.2, -0.15) is 0 Å². The highest BCUT2D eigenvalue weighted by atomic mass is 19.1. The van der Waals surface area contributed by atoms with Crippen molar-refractivity contribution in [1.82, 2.24) is 14.9 Å². The number of methoxy groups -OCH3 is 1. The Morgan fingerprint density at radius 2 is 1.97 bits per heavy atom. The summed E-state index contributed by atoms with van der Waals surface area (Å²) in [6.45, 7) is 4.20. The lowest BCUT2D eigenvalue weighted by atomic mass is 9.94. The maximum absolute atomic E-state index is 14.5. The number of aromatic nitrogens is 2. The number of aryl methyl sites for hydroxylation is 1. The second-order valence-electron chi connectivity index (χ2n) is 9.96. The number of pyridine rings is 1. The van der Waals surface area contributed by atoms with Gasteiger partial charge in [0, 0.05) is 60.9 Å². The van der Waals surface area contributed by atoms with E-state index in [0.717, 1.165) is 73.4 Å². The van der Waals surface area contributed by atoms with Crippen LogP contribution in [0.3, 0.4) is 0 Å². The van der Waals surface area contributed by atoms with Crippen LogP contribution in [0.4, 0.5) is 10.2 Å². The fraction of sp³-hybridized carbons (Fsp3) is 0.379. The van der Waals surface area contributed by atoms with Crippen LogP contribution in [0.15, 0.2) is 42.5 Å². The fourth-order valence-electron chi connectivity index (χ4n) is 6.03. The molecule has 36 heavy (non-hydrogen) atoms. The van der Waals surface area contributed by atoms with Gasteiger partial charge in [-0.3, -0.25) is 4.79 Å². The number of amides is 1. The third kappa shape index (κ3) is 3.87. The minimum absolute atomic E-state index is 0.153.